The van der Waals surface area contributed by atoms with Crippen molar-refractivity contribution in [2.45, 2.75) is 6.42 Å². The van der Waals surface area contributed by atoms with Gasteiger partial charge < -0.3 is 20.6 Å². The van der Waals surface area contributed by atoms with Crippen molar-refractivity contribution in [1.29, 1.82) is 0 Å². The maximum Gasteiger partial charge on any atom is 0.0981 e. The van der Waals surface area contributed by atoms with Crippen LogP contribution in [0.15, 0.2) is 35.1 Å². The zero-order valence-electron chi connectivity index (χ0n) is 9.77. The number of hydrogen-bond donors (Lipinski definition) is 2. The number of rotatable bonds is 4. The highest BCUT2D eigenvalue weighted by Crippen LogP contribution is 2.31. The predicted molar refractivity (Wildman–Crippen MR) is 68.5 cm³/mol. The first-order chi connectivity index (χ1) is 8.22. The standard InChI is InChI=1S/C13H16N2O2/c1-16-4-3-11-12(9-2-5-17-8-9)6-10(14)7-13(11)15/h2,5-8H,3-4,14-15H2,1H3. The van der Waals surface area contributed by atoms with E-state index in [-0.39, 0.29) is 0 Å². The van der Waals surface area contributed by atoms with Crippen LogP contribution in [0.3, 0.4) is 0 Å². The van der Waals surface area contributed by atoms with Crippen LogP contribution in [0.4, 0.5) is 11.4 Å². The van der Waals surface area contributed by atoms with Crippen molar-refractivity contribution in [3.05, 3.63) is 36.3 Å². The van der Waals surface area contributed by atoms with Crippen molar-refractivity contribution in [3.8, 4) is 11.1 Å². The molecule has 90 valence electrons. The fourth-order valence-electron chi connectivity index (χ4n) is 1.88. The second kappa shape index (κ2) is 4.93. The van der Waals surface area contributed by atoms with Crippen LogP contribution in [0.25, 0.3) is 11.1 Å². The molecule has 1 heterocycles. The maximum atomic E-state index is 6.00. The van der Waals surface area contributed by atoms with Gasteiger partial charge in [-0.2, -0.15) is 0 Å². The second-order valence-electron chi connectivity index (χ2n) is 3.89. The Bertz CT molecular complexity index is 492. The molecular weight excluding hydrogens is 216 g/mol. The third kappa shape index (κ3) is 2.42. The lowest BCUT2D eigenvalue weighted by molar-refractivity contribution is 0.202. The van der Waals surface area contributed by atoms with E-state index in [0.29, 0.717) is 18.0 Å². The minimum atomic E-state index is 0.624. The lowest BCUT2D eigenvalue weighted by atomic mass is 9.97. The van der Waals surface area contributed by atoms with E-state index < -0.39 is 0 Å². The molecule has 0 atom stereocenters. The SMILES string of the molecule is COCCc1c(N)cc(N)cc1-c1ccoc1. The van der Waals surface area contributed by atoms with E-state index in [1.54, 1.807) is 25.7 Å². The first-order valence-corrected chi connectivity index (χ1v) is 5.41. The number of nitrogen functional groups attached to an aromatic ring is 2. The van der Waals surface area contributed by atoms with Crippen molar-refractivity contribution in [2.24, 2.45) is 0 Å². The summed E-state index contributed by atoms with van der Waals surface area (Å²) in [5.74, 6) is 0. The Morgan fingerprint density at radius 3 is 2.76 bits per heavy atom. The lowest BCUT2D eigenvalue weighted by Crippen LogP contribution is -2.03. The van der Waals surface area contributed by atoms with Crippen LogP contribution in [0, 0.1) is 0 Å². The molecule has 0 saturated carbocycles. The van der Waals surface area contributed by atoms with Crippen LogP contribution in [0.1, 0.15) is 5.56 Å². The Morgan fingerprint density at radius 1 is 1.29 bits per heavy atom. The van der Waals surface area contributed by atoms with Gasteiger partial charge in [-0.3, -0.25) is 0 Å². The maximum absolute atomic E-state index is 6.00. The van der Waals surface area contributed by atoms with Crippen LogP contribution >= 0.6 is 0 Å². The molecule has 0 radical (unpaired) electrons. The first kappa shape index (κ1) is 11.5. The fourth-order valence-corrected chi connectivity index (χ4v) is 1.88. The number of hydrogen-bond acceptors (Lipinski definition) is 4. The Labute approximate surface area is 100 Å². The van der Waals surface area contributed by atoms with Crippen molar-refractivity contribution < 1.29 is 9.15 Å². The van der Waals surface area contributed by atoms with Gasteiger partial charge in [-0.1, -0.05) is 0 Å². The summed E-state index contributed by atoms with van der Waals surface area (Å²) in [4.78, 5) is 0. The summed E-state index contributed by atoms with van der Waals surface area (Å²) in [6.07, 6.45) is 4.07. The van der Waals surface area contributed by atoms with Crippen LogP contribution < -0.4 is 11.5 Å². The molecule has 0 amide bonds. The van der Waals surface area contributed by atoms with Crippen molar-refractivity contribution in [2.75, 3.05) is 25.2 Å². The average molecular weight is 232 g/mol. The van der Waals surface area contributed by atoms with E-state index in [2.05, 4.69) is 0 Å². The fraction of sp³-hybridized carbons (Fsp3) is 0.231. The average Bonchev–Trinajstić information content (AvgIpc) is 2.80. The molecular formula is C13H16N2O2. The molecule has 2 aromatic rings. The highest BCUT2D eigenvalue weighted by molar-refractivity contribution is 5.77. The van der Waals surface area contributed by atoms with Gasteiger partial charge in [0.1, 0.15) is 0 Å². The van der Waals surface area contributed by atoms with E-state index in [9.17, 15) is 0 Å². The van der Waals surface area contributed by atoms with E-state index in [1.165, 1.54) is 0 Å². The molecule has 1 aromatic heterocycles. The van der Waals surface area contributed by atoms with Crippen molar-refractivity contribution in [3.63, 3.8) is 0 Å². The molecule has 4 N–H and O–H groups in total. The summed E-state index contributed by atoms with van der Waals surface area (Å²) in [5, 5.41) is 0. The summed E-state index contributed by atoms with van der Waals surface area (Å²) < 4.78 is 10.2. The molecule has 0 aliphatic rings. The van der Waals surface area contributed by atoms with Gasteiger partial charge in [0.05, 0.1) is 19.1 Å². The van der Waals surface area contributed by atoms with Crippen LogP contribution in [0.2, 0.25) is 0 Å². The van der Waals surface area contributed by atoms with E-state index in [0.717, 1.165) is 23.1 Å². The number of nitrogens with two attached hydrogens (primary N) is 2. The molecule has 0 unspecified atom stereocenters. The molecule has 0 bridgehead atoms. The number of furan rings is 1. The van der Waals surface area contributed by atoms with E-state index >= 15 is 0 Å². The van der Waals surface area contributed by atoms with Crippen molar-refractivity contribution >= 4 is 11.4 Å². The van der Waals surface area contributed by atoms with Crippen LogP contribution in [-0.4, -0.2) is 13.7 Å². The second-order valence-corrected chi connectivity index (χ2v) is 3.89. The Hall–Kier alpha value is -1.94. The number of benzene rings is 1. The van der Waals surface area contributed by atoms with Gasteiger partial charge in [0.2, 0.25) is 0 Å². The number of methoxy groups -OCH3 is 1. The van der Waals surface area contributed by atoms with Crippen molar-refractivity contribution in [1.82, 2.24) is 0 Å². The van der Waals surface area contributed by atoms with Gasteiger partial charge in [0.25, 0.3) is 0 Å². The summed E-state index contributed by atoms with van der Waals surface area (Å²) in [6, 6.07) is 5.57. The zero-order chi connectivity index (χ0) is 12.3. The molecule has 0 saturated heterocycles. The summed E-state index contributed by atoms with van der Waals surface area (Å²) in [7, 11) is 1.67. The quantitative estimate of drug-likeness (QED) is 0.793. The minimum absolute atomic E-state index is 0.624. The zero-order valence-corrected chi connectivity index (χ0v) is 9.77. The Morgan fingerprint density at radius 2 is 2.12 bits per heavy atom. The molecule has 0 aliphatic carbocycles. The Balaban J connectivity index is 2.47. The largest absolute Gasteiger partial charge is 0.472 e. The highest BCUT2D eigenvalue weighted by Gasteiger charge is 2.10. The summed E-state index contributed by atoms with van der Waals surface area (Å²) in [5.41, 5.74) is 16.2. The van der Waals surface area contributed by atoms with Crippen LogP contribution in [-0.2, 0) is 11.2 Å². The van der Waals surface area contributed by atoms with E-state index in [4.69, 9.17) is 20.6 Å². The molecule has 1 aromatic carbocycles. The summed E-state index contributed by atoms with van der Waals surface area (Å²) in [6.45, 7) is 0.624. The number of ether oxygens (including phenoxy) is 1. The molecule has 0 spiro atoms. The lowest BCUT2D eigenvalue weighted by Gasteiger charge is -2.12. The molecule has 0 fully saturated rings. The third-order valence-electron chi connectivity index (χ3n) is 2.70. The summed E-state index contributed by atoms with van der Waals surface area (Å²) >= 11 is 0. The number of anilines is 2. The highest BCUT2D eigenvalue weighted by atomic mass is 16.5. The first-order valence-electron chi connectivity index (χ1n) is 5.41. The van der Waals surface area contributed by atoms with Gasteiger partial charge in [-0.05, 0) is 35.7 Å². The monoisotopic (exact) mass is 232 g/mol. The van der Waals surface area contributed by atoms with Gasteiger partial charge in [0, 0.05) is 24.0 Å². The molecule has 2 rings (SSSR count). The molecule has 4 heteroatoms. The Kier molecular flexibility index (Phi) is 3.35. The van der Waals surface area contributed by atoms with Gasteiger partial charge in [0.15, 0.2) is 0 Å². The van der Waals surface area contributed by atoms with Gasteiger partial charge in [-0.15, -0.1) is 0 Å². The smallest absolute Gasteiger partial charge is 0.0981 e. The molecule has 4 nitrogen and oxygen atoms in total. The topological polar surface area (TPSA) is 74.4 Å². The normalized spacial score (nSPS) is 10.6. The third-order valence-corrected chi connectivity index (χ3v) is 2.70. The van der Waals surface area contributed by atoms with Gasteiger partial charge >= 0.3 is 0 Å². The van der Waals surface area contributed by atoms with E-state index in [1.807, 2.05) is 12.1 Å². The molecule has 17 heavy (non-hydrogen) atoms. The predicted octanol–water partition coefficient (Wildman–Crippen LogP) is 2.30. The van der Waals surface area contributed by atoms with Gasteiger partial charge in [-0.25, -0.2) is 0 Å². The molecule has 0 aliphatic heterocycles. The van der Waals surface area contributed by atoms with Crippen LogP contribution in [0.5, 0.6) is 0 Å². The minimum Gasteiger partial charge on any atom is -0.472 e.